The van der Waals surface area contributed by atoms with Crippen LogP contribution in [0.15, 0.2) is 30.5 Å². The van der Waals surface area contributed by atoms with Gasteiger partial charge in [-0.2, -0.15) is 0 Å². The van der Waals surface area contributed by atoms with Gasteiger partial charge in [-0.3, -0.25) is 43.2 Å². The Morgan fingerprint density at radius 1 is 0.717 bits per heavy atom. The van der Waals surface area contributed by atoms with Crippen LogP contribution in [0.1, 0.15) is 59.4 Å². The fraction of sp³-hybridized carbons (Fsp3) is 0.500. The molecule has 0 aliphatic rings. The third kappa shape index (κ3) is 15.0. The van der Waals surface area contributed by atoms with Gasteiger partial charge in [0.15, 0.2) is 0 Å². The number of carbonyl (C=O) groups excluding carboxylic acids is 8. The van der Waals surface area contributed by atoms with Gasteiger partial charge < -0.3 is 53.0 Å². The predicted octanol–water partition coefficient (Wildman–Crippen LogP) is -2.18. The second-order valence-electron chi connectivity index (χ2n) is 12.9. The molecule has 19 nitrogen and oxygen atoms in total. The lowest BCUT2D eigenvalue weighted by Crippen LogP contribution is -2.58. The molecule has 0 saturated heterocycles. The van der Waals surface area contributed by atoms with Crippen LogP contribution in [0.2, 0.25) is 0 Å². The topological polar surface area (TPSA) is 300 Å². The first-order valence-corrected chi connectivity index (χ1v) is 17.0. The van der Waals surface area contributed by atoms with Crippen LogP contribution in [0.5, 0.6) is 0 Å². The molecule has 0 spiro atoms. The van der Waals surface area contributed by atoms with E-state index in [1.807, 2.05) is 24.3 Å². The molecule has 0 bridgehead atoms. The van der Waals surface area contributed by atoms with Crippen molar-refractivity contribution in [3.8, 4) is 0 Å². The normalized spacial score (nSPS) is 13.7. The molecule has 0 aliphatic carbocycles. The van der Waals surface area contributed by atoms with Gasteiger partial charge in [-0.25, -0.2) is 0 Å². The van der Waals surface area contributed by atoms with Crippen LogP contribution in [0.4, 0.5) is 0 Å². The van der Waals surface area contributed by atoms with E-state index >= 15 is 0 Å². The maximum atomic E-state index is 13.3. The fourth-order valence-corrected chi connectivity index (χ4v) is 5.03. The number of hydrogen-bond donors (Lipinski definition) is 10. The number of carbonyl (C=O) groups is 9. The Bertz CT molecular complexity index is 1670. The van der Waals surface area contributed by atoms with Crippen molar-refractivity contribution in [3.63, 3.8) is 0 Å². The molecule has 1 aromatic heterocycles. The zero-order chi connectivity index (χ0) is 39.8. The van der Waals surface area contributed by atoms with E-state index in [-0.39, 0.29) is 31.7 Å². The highest BCUT2D eigenvalue weighted by molar-refractivity contribution is 5.97. The Morgan fingerprint density at radius 2 is 1.28 bits per heavy atom. The van der Waals surface area contributed by atoms with Gasteiger partial charge in [-0.1, -0.05) is 32.0 Å². The number of hydrogen-bond acceptors (Lipinski definition) is 9. The monoisotopic (exact) mass is 743 g/mol. The van der Waals surface area contributed by atoms with Crippen molar-refractivity contribution in [2.24, 2.45) is 11.7 Å². The van der Waals surface area contributed by atoms with E-state index < -0.39 is 96.4 Å². The number of fused-ring (bicyclic) bond motifs is 1. The van der Waals surface area contributed by atoms with Gasteiger partial charge in [-0.05, 0) is 44.2 Å². The van der Waals surface area contributed by atoms with Crippen molar-refractivity contribution >= 4 is 64.1 Å². The molecular formula is C34H49N9O10. The predicted molar refractivity (Wildman–Crippen MR) is 190 cm³/mol. The van der Waals surface area contributed by atoms with Gasteiger partial charge in [0.1, 0.15) is 30.2 Å². The number of aromatic amines is 1. The maximum Gasteiger partial charge on any atom is 0.303 e. The van der Waals surface area contributed by atoms with E-state index in [0.29, 0.717) is 0 Å². The molecule has 0 aliphatic heterocycles. The van der Waals surface area contributed by atoms with Gasteiger partial charge in [-0.15, -0.1) is 0 Å². The first-order chi connectivity index (χ1) is 24.9. The van der Waals surface area contributed by atoms with Crippen molar-refractivity contribution < 1.29 is 48.3 Å². The number of para-hydroxylation sites is 1. The van der Waals surface area contributed by atoms with Crippen molar-refractivity contribution in [1.29, 1.82) is 0 Å². The van der Waals surface area contributed by atoms with Gasteiger partial charge in [0, 0.05) is 36.9 Å². The van der Waals surface area contributed by atoms with Gasteiger partial charge in [0.25, 0.3) is 0 Å². The van der Waals surface area contributed by atoms with Crippen molar-refractivity contribution in [2.75, 3.05) is 13.1 Å². The average Bonchev–Trinajstić information content (AvgIpc) is 3.49. The second-order valence-corrected chi connectivity index (χ2v) is 12.9. The summed E-state index contributed by atoms with van der Waals surface area (Å²) in [5.41, 5.74) is 7.17. The lowest BCUT2D eigenvalue weighted by Gasteiger charge is -2.25. The zero-order valence-corrected chi connectivity index (χ0v) is 30.3. The van der Waals surface area contributed by atoms with E-state index in [2.05, 4.69) is 42.2 Å². The highest BCUT2D eigenvalue weighted by Crippen LogP contribution is 2.19. The van der Waals surface area contributed by atoms with Crippen LogP contribution in [0.3, 0.4) is 0 Å². The molecule has 0 radical (unpaired) electrons. The van der Waals surface area contributed by atoms with Crippen LogP contribution >= 0.6 is 0 Å². The summed E-state index contributed by atoms with van der Waals surface area (Å²) in [6.45, 7) is 6.54. The first kappa shape index (κ1) is 43.2. The molecule has 290 valence electrons. The summed E-state index contributed by atoms with van der Waals surface area (Å²) >= 11 is 0. The van der Waals surface area contributed by atoms with Crippen molar-refractivity contribution in [3.05, 3.63) is 36.0 Å². The molecule has 19 heteroatoms. The van der Waals surface area contributed by atoms with Crippen LogP contribution in [-0.4, -0.2) is 107 Å². The zero-order valence-electron chi connectivity index (χ0n) is 30.3. The number of H-pyrrole nitrogens is 1. The second kappa shape index (κ2) is 20.7. The number of nitrogens with one attached hydrogen (secondary N) is 8. The van der Waals surface area contributed by atoms with Crippen LogP contribution in [0.25, 0.3) is 10.9 Å². The van der Waals surface area contributed by atoms with Crippen LogP contribution in [0, 0.1) is 5.92 Å². The van der Waals surface area contributed by atoms with E-state index in [0.717, 1.165) is 16.5 Å². The minimum absolute atomic E-state index is 0.0960. The summed E-state index contributed by atoms with van der Waals surface area (Å²) in [4.78, 5) is 114. The number of carboxylic acid groups (broad SMARTS) is 1. The number of primary amides is 1. The Kier molecular flexibility index (Phi) is 16.9. The first-order valence-electron chi connectivity index (χ1n) is 17.0. The number of aromatic nitrogens is 1. The third-order valence-electron chi connectivity index (χ3n) is 7.85. The molecule has 8 amide bonds. The SMILES string of the molecule is CC(=O)NCC(=O)NCC(=O)N[C@@H](CCC(=O)O)C(=O)N[C@@H](C)C(=O)N[C@@H](CC(C)C)C(=O)N[C@@H](C)C(=O)N[C@@H](Cc1c[nH]c2ccccc12)C(N)=O. The average molecular weight is 744 g/mol. The van der Waals surface area contributed by atoms with E-state index in [1.54, 1.807) is 20.0 Å². The largest absolute Gasteiger partial charge is 0.481 e. The lowest BCUT2D eigenvalue weighted by atomic mass is 10.0. The highest BCUT2D eigenvalue weighted by Gasteiger charge is 2.30. The minimum atomic E-state index is -1.41. The van der Waals surface area contributed by atoms with Crippen molar-refractivity contribution in [2.45, 2.75) is 90.5 Å². The Balaban J connectivity index is 2.02. The summed E-state index contributed by atoms with van der Waals surface area (Å²) in [6.07, 6.45) is 1.09. The Morgan fingerprint density at radius 3 is 1.85 bits per heavy atom. The molecule has 11 N–H and O–H groups in total. The smallest absolute Gasteiger partial charge is 0.303 e. The summed E-state index contributed by atoms with van der Waals surface area (Å²) in [6, 6.07) is 1.34. The molecule has 0 unspecified atom stereocenters. The lowest BCUT2D eigenvalue weighted by molar-refractivity contribution is -0.138. The summed E-state index contributed by atoms with van der Waals surface area (Å²) < 4.78 is 0. The molecule has 1 heterocycles. The molecule has 5 atom stereocenters. The quantitative estimate of drug-likeness (QED) is 0.0660. The molecule has 1 aromatic carbocycles. The molecule has 2 rings (SSSR count). The Hall–Kier alpha value is -6.01. The molecule has 0 saturated carbocycles. The number of carboxylic acids is 1. The Labute approximate surface area is 305 Å². The number of amides is 8. The van der Waals surface area contributed by atoms with Gasteiger partial charge in [0.2, 0.25) is 47.3 Å². The van der Waals surface area contributed by atoms with E-state index in [4.69, 9.17) is 10.8 Å². The highest BCUT2D eigenvalue weighted by atomic mass is 16.4. The van der Waals surface area contributed by atoms with E-state index in [1.165, 1.54) is 20.8 Å². The molecule has 0 fully saturated rings. The standard InChI is InChI=1S/C34H49N9O10/c1-17(2)12-26(34(53)40-18(3)31(50)42-25(30(35)49)13-21-14-37-23-9-7-6-8-22(21)23)43-32(51)19(4)39-33(52)24(10-11-29(47)48)41-28(46)16-38-27(45)15-36-20(5)44/h6-9,14,17-19,24-26,37H,10-13,15-16H2,1-5H3,(H2,35,49)(H,36,44)(H,38,45)(H,39,52)(H,40,53)(H,41,46)(H,42,50)(H,43,51)(H,47,48)/t18-,19-,24-,25-,26-/m0/s1. The van der Waals surface area contributed by atoms with Gasteiger partial charge >= 0.3 is 5.97 Å². The summed E-state index contributed by atoms with van der Waals surface area (Å²) in [5.74, 6) is -7.23. The molecular weight excluding hydrogens is 694 g/mol. The summed E-state index contributed by atoms with van der Waals surface area (Å²) in [5, 5.41) is 26.8. The fourth-order valence-electron chi connectivity index (χ4n) is 5.03. The van der Waals surface area contributed by atoms with Crippen molar-refractivity contribution in [1.82, 2.24) is 42.2 Å². The third-order valence-corrected chi connectivity index (χ3v) is 7.85. The number of benzene rings is 1. The van der Waals surface area contributed by atoms with Gasteiger partial charge in [0.05, 0.1) is 13.1 Å². The molecule has 53 heavy (non-hydrogen) atoms. The number of aliphatic carboxylic acids is 1. The maximum absolute atomic E-state index is 13.3. The van der Waals surface area contributed by atoms with Crippen LogP contribution in [-0.2, 0) is 49.6 Å². The summed E-state index contributed by atoms with van der Waals surface area (Å²) in [7, 11) is 0. The minimum Gasteiger partial charge on any atom is -0.481 e. The number of nitrogens with two attached hydrogens (primary N) is 1. The van der Waals surface area contributed by atoms with Crippen LogP contribution < -0.4 is 43.0 Å². The number of rotatable bonds is 21. The molecule has 2 aromatic rings. The van der Waals surface area contributed by atoms with E-state index in [9.17, 15) is 43.2 Å².